The molecule has 0 atom stereocenters. The molecular weight excluding hydrogens is 228 g/mol. The Morgan fingerprint density at radius 1 is 1.22 bits per heavy atom. The molecule has 0 aliphatic carbocycles. The standard InChI is InChI=1S/C8H8O.C7H12O2/c1-2-7-3-5-8(9)6-4-7;1-5(6(8)9)7(2,3)4/h2-6,9H,1H2;1H2,2-4H3,(H,8,9). The molecule has 3 nitrogen and oxygen atoms in total. The normalized spacial score (nSPS) is 9.94. The monoisotopic (exact) mass is 248 g/mol. The maximum Gasteiger partial charge on any atom is 0.331 e. The highest BCUT2D eigenvalue weighted by Crippen LogP contribution is 2.22. The van der Waals surface area contributed by atoms with Gasteiger partial charge in [0.1, 0.15) is 5.75 Å². The summed E-state index contributed by atoms with van der Waals surface area (Å²) < 4.78 is 0. The summed E-state index contributed by atoms with van der Waals surface area (Å²) >= 11 is 0. The number of hydrogen-bond acceptors (Lipinski definition) is 2. The van der Waals surface area contributed by atoms with Crippen LogP contribution in [-0.4, -0.2) is 16.2 Å². The molecule has 0 aliphatic heterocycles. The third kappa shape index (κ3) is 5.89. The van der Waals surface area contributed by atoms with Crippen LogP contribution >= 0.6 is 0 Å². The van der Waals surface area contributed by atoms with E-state index in [4.69, 9.17) is 10.2 Å². The van der Waals surface area contributed by atoms with Crippen molar-refractivity contribution in [3.8, 4) is 5.75 Å². The lowest BCUT2D eigenvalue weighted by atomic mass is 9.88. The molecule has 0 unspecified atom stereocenters. The van der Waals surface area contributed by atoms with Crippen LogP contribution in [0.5, 0.6) is 5.75 Å². The molecule has 0 aliphatic rings. The van der Waals surface area contributed by atoms with Crippen LogP contribution < -0.4 is 0 Å². The van der Waals surface area contributed by atoms with Crippen molar-refractivity contribution in [1.29, 1.82) is 0 Å². The molecule has 0 fully saturated rings. The number of phenolic OH excluding ortho intramolecular Hbond substituents is 1. The number of aliphatic carboxylic acids is 1. The van der Waals surface area contributed by atoms with Gasteiger partial charge >= 0.3 is 5.97 Å². The second-order valence-electron chi connectivity index (χ2n) is 4.83. The Kier molecular flexibility index (Phi) is 5.89. The van der Waals surface area contributed by atoms with E-state index < -0.39 is 5.97 Å². The lowest BCUT2D eigenvalue weighted by molar-refractivity contribution is -0.133. The van der Waals surface area contributed by atoms with Crippen LogP contribution in [0.1, 0.15) is 26.3 Å². The summed E-state index contributed by atoms with van der Waals surface area (Å²) in [6.45, 7) is 12.5. The van der Waals surface area contributed by atoms with Crippen LogP contribution in [-0.2, 0) is 4.79 Å². The van der Waals surface area contributed by atoms with Crippen molar-refractivity contribution in [2.75, 3.05) is 0 Å². The number of rotatable bonds is 2. The zero-order chi connectivity index (χ0) is 14.3. The Morgan fingerprint density at radius 2 is 1.67 bits per heavy atom. The molecule has 0 saturated carbocycles. The summed E-state index contributed by atoms with van der Waals surface area (Å²) in [6.07, 6.45) is 1.74. The molecular formula is C15H20O3. The lowest BCUT2D eigenvalue weighted by Gasteiger charge is -2.17. The third-order valence-corrected chi connectivity index (χ3v) is 2.29. The SMILES string of the molecule is C=C(C(=O)O)C(C)(C)C.C=Cc1ccc(O)cc1. The van der Waals surface area contributed by atoms with E-state index in [1.54, 1.807) is 18.2 Å². The fourth-order valence-corrected chi connectivity index (χ4v) is 0.931. The van der Waals surface area contributed by atoms with E-state index in [1.165, 1.54) is 0 Å². The van der Waals surface area contributed by atoms with E-state index in [9.17, 15) is 4.79 Å². The first-order chi connectivity index (χ1) is 8.18. The maximum atomic E-state index is 10.2. The van der Waals surface area contributed by atoms with Crippen molar-refractivity contribution >= 4 is 12.0 Å². The lowest BCUT2D eigenvalue weighted by Crippen LogP contribution is -2.15. The quantitative estimate of drug-likeness (QED) is 0.784. The molecule has 0 saturated heterocycles. The van der Waals surface area contributed by atoms with Crippen LogP contribution in [0.3, 0.4) is 0 Å². The Bertz CT molecular complexity index is 422. The maximum absolute atomic E-state index is 10.2. The minimum atomic E-state index is -0.914. The van der Waals surface area contributed by atoms with E-state index in [0.29, 0.717) is 5.75 Å². The zero-order valence-corrected chi connectivity index (χ0v) is 11.1. The highest BCUT2D eigenvalue weighted by Gasteiger charge is 2.20. The Hall–Kier alpha value is -2.03. The van der Waals surface area contributed by atoms with Gasteiger partial charge in [-0.3, -0.25) is 0 Å². The molecule has 0 aromatic heterocycles. The van der Waals surface area contributed by atoms with Gasteiger partial charge in [0.25, 0.3) is 0 Å². The minimum Gasteiger partial charge on any atom is -0.508 e. The van der Waals surface area contributed by atoms with Gasteiger partial charge in [-0.15, -0.1) is 0 Å². The van der Waals surface area contributed by atoms with E-state index in [1.807, 2.05) is 32.9 Å². The molecule has 1 aromatic carbocycles. The summed E-state index contributed by atoms with van der Waals surface area (Å²) in [5.41, 5.74) is 0.960. The van der Waals surface area contributed by atoms with Gasteiger partial charge in [0.2, 0.25) is 0 Å². The molecule has 0 heterocycles. The first kappa shape index (κ1) is 16.0. The smallest absolute Gasteiger partial charge is 0.331 e. The minimum absolute atomic E-state index is 0.252. The van der Waals surface area contributed by atoms with Crippen molar-refractivity contribution < 1.29 is 15.0 Å². The molecule has 18 heavy (non-hydrogen) atoms. The number of carbonyl (C=O) groups is 1. The molecule has 0 amide bonds. The van der Waals surface area contributed by atoms with Gasteiger partial charge in [-0.05, 0) is 23.1 Å². The number of carboxylic acids is 1. The molecule has 2 N–H and O–H groups in total. The molecule has 1 aromatic rings. The van der Waals surface area contributed by atoms with Crippen molar-refractivity contribution in [3.63, 3.8) is 0 Å². The average molecular weight is 248 g/mol. The predicted molar refractivity (Wildman–Crippen MR) is 74.4 cm³/mol. The van der Waals surface area contributed by atoms with Crippen LogP contribution in [0, 0.1) is 5.41 Å². The number of carboxylic acid groups (broad SMARTS) is 1. The third-order valence-electron chi connectivity index (χ3n) is 2.29. The topological polar surface area (TPSA) is 57.5 Å². The first-order valence-electron chi connectivity index (χ1n) is 5.52. The van der Waals surface area contributed by atoms with Crippen molar-refractivity contribution in [3.05, 3.63) is 48.6 Å². The molecule has 0 bridgehead atoms. The average Bonchev–Trinajstić information content (AvgIpc) is 2.28. The molecule has 0 spiro atoms. The summed E-state index contributed by atoms with van der Waals surface area (Å²) in [7, 11) is 0. The largest absolute Gasteiger partial charge is 0.508 e. The summed E-state index contributed by atoms with van der Waals surface area (Å²) in [4.78, 5) is 10.2. The summed E-state index contributed by atoms with van der Waals surface area (Å²) in [6, 6.07) is 6.89. The Labute approximate surface area is 108 Å². The molecule has 1 rings (SSSR count). The van der Waals surface area contributed by atoms with E-state index in [-0.39, 0.29) is 11.0 Å². The van der Waals surface area contributed by atoms with Gasteiger partial charge in [0, 0.05) is 5.57 Å². The second-order valence-corrected chi connectivity index (χ2v) is 4.83. The number of phenols is 1. The highest BCUT2D eigenvalue weighted by molar-refractivity contribution is 5.87. The van der Waals surface area contributed by atoms with Crippen LogP contribution in [0.25, 0.3) is 6.08 Å². The first-order valence-corrected chi connectivity index (χ1v) is 5.52. The van der Waals surface area contributed by atoms with Crippen molar-refractivity contribution in [2.45, 2.75) is 20.8 Å². The number of hydrogen-bond donors (Lipinski definition) is 2. The van der Waals surface area contributed by atoms with Gasteiger partial charge in [0.05, 0.1) is 0 Å². The van der Waals surface area contributed by atoms with Crippen molar-refractivity contribution in [2.24, 2.45) is 5.41 Å². The van der Waals surface area contributed by atoms with Gasteiger partial charge in [-0.25, -0.2) is 4.79 Å². The van der Waals surface area contributed by atoms with Crippen LogP contribution in [0.2, 0.25) is 0 Å². The molecule has 3 heteroatoms. The number of aromatic hydroxyl groups is 1. The Morgan fingerprint density at radius 3 is 1.89 bits per heavy atom. The molecule has 0 radical (unpaired) electrons. The number of benzene rings is 1. The molecule has 98 valence electrons. The Balaban J connectivity index is 0.000000321. The van der Waals surface area contributed by atoms with Gasteiger partial charge in [-0.2, -0.15) is 0 Å². The summed E-state index contributed by atoms with van der Waals surface area (Å²) in [5.74, 6) is -0.622. The van der Waals surface area contributed by atoms with Gasteiger partial charge in [-0.1, -0.05) is 52.1 Å². The van der Waals surface area contributed by atoms with Gasteiger partial charge in [0.15, 0.2) is 0 Å². The van der Waals surface area contributed by atoms with E-state index in [0.717, 1.165) is 5.56 Å². The van der Waals surface area contributed by atoms with Crippen LogP contribution in [0.4, 0.5) is 0 Å². The second kappa shape index (κ2) is 6.64. The van der Waals surface area contributed by atoms with Crippen LogP contribution in [0.15, 0.2) is 43.0 Å². The van der Waals surface area contributed by atoms with E-state index >= 15 is 0 Å². The van der Waals surface area contributed by atoms with E-state index in [2.05, 4.69) is 13.2 Å². The highest BCUT2D eigenvalue weighted by atomic mass is 16.4. The fraction of sp³-hybridized carbons (Fsp3) is 0.267. The zero-order valence-electron chi connectivity index (χ0n) is 11.1. The summed E-state index contributed by atoms with van der Waals surface area (Å²) in [5, 5.41) is 17.2. The predicted octanol–water partition coefficient (Wildman–Crippen LogP) is 3.71. The fourth-order valence-electron chi connectivity index (χ4n) is 0.931. The van der Waals surface area contributed by atoms with Gasteiger partial charge < -0.3 is 10.2 Å². The van der Waals surface area contributed by atoms with Crippen molar-refractivity contribution in [1.82, 2.24) is 0 Å².